The monoisotopic (exact) mass is 225 g/mol. The maximum Gasteiger partial charge on any atom is 0.137 e. The van der Waals surface area contributed by atoms with Crippen LogP contribution in [0.3, 0.4) is 0 Å². The SMILES string of the molecule is Cc1nc(=S)c2cc(Cl)ncc2n1C. The van der Waals surface area contributed by atoms with Crippen molar-refractivity contribution in [3.8, 4) is 0 Å². The number of aryl methyl sites for hydroxylation is 2. The van der Waals surface area contributed by atoms with Gasteiger partial charge in [-0.15, -0.1) is 0 Å². The molecule has 0 aliphatic rings. The first-order valence-electron chi connectivity index (χ1n) is 4.08. The lowest BCUT2D eigenvalue weighted by Gasteiger charge is -2.07. The second-order valence-electron chi connectivity index (χ2n) is 3.05. The highest BCUT2D eigenvalue weighted by Crippen LogP contribution is 2.17. The van der Waals surface area contributed by atoms with Gasteiger partial charge in [0.25, 0.3) is 0 Å². The Labute approximate surface area is 91.4 Å². The van der Waals surface area contributed by atoms with E-state index in [-0.39, 0.29) is 0 Å². The fraction of sp³-hybridized carbons (Fsp3) is 0.222. The summed E-state index contributed by atoms with van der Waals surface area (Å²) in [5, 5.41) is 1.31. The third-order valence-corrected chi connectivity index (χ3v) is 2.71. The molecule has 0 spiro atoms. The van der Waals surface area contributed by atoms with Gasteiger partial charge in [-0.3, -0.25) is 0 Å². The summed E-state index contributed by atoms with van der Waals surface area (Å²) >= 11 is 10.9. The van der Waals surface area contributed by atoms with Crippen LogP contribution in [0.1, 0.15) is 5.82 Å². The molecule has 0 aromatic carbocycles. The van der Waals surface area contributed by atoms with E-state index in [1.54, 1.807) is 12.3 Å². The van der Waals surface area contributed by atoms with Crippen LogP contribution in [0.15, 0.2) is 12.3 Å². The Morgan fingerprint density at radius 2 is 2.21 bits per heavy atom. The predicted octanol–water partition coefficient (Wildman–Crippen LogP) is 2.66. The molecule has 3 nitrogen and oxygen atoms in total. The summed E-state index contributed by atoms with van der Waals surface area (Å²) in [5.74, 6) is 0.867. The average Bonchev–Trinajstić information content (AvgIpc) is 2.14. The summed E-state index contributed by atoms with van der Waals surface area (Å²) in [6, 6.07) is 1.74. The molecule has 0 aliphatic carbocycles. The minimum absolute atomic E-state index is 0.439. The molecule has 0 saturated heterocycles. The van der Waals surface area contributed by atoms with Crippen LogP contribution < -0.4 is 0 Å². The number of fused-ring (bicyclic) bond motifs is 1. The number of hydrogen-bond acceptors (Lipinski definition) is 3. The van der Waals surface area contributed by atoms with Crippen molar-refractivity contribution in [1.29, 1.82) is 0 Å². The van der Waals surface area contributed by atoms with Crippen LogP contribution in [0.4, 0.5) is 0 Å². The van der Waals surface area contributed by atoms with Gasteiger partial charge in [-0.2, -0.15) is 0 Å². The van der Waals surface area contributed by atoms with Gasteiger partial charge >= 0.3 is 0 Å². The number of nitrogens with zero attached hydrogens (tertiary/aromatic N) is 3. The smallest absolute Gasteiger partial charge is 0.137 e. The Hall–Kier alpha value is -1.00. The van der Waals surface area contributed by atoms with Gasteiger partial charge in [0, 0.05) is 12.4 Å². The van der Waals surface area contributed by atoms with E-state index in [9.17, 15) is 0 Å². The third-order valence-electron chi connectivity index (χ3n) is 2.19. The van der Waals surface area contributed by atoms with Gasteiger partial charge in [-0.05, 0) is 13.0 Å². The standard InChI is InChI=1S/C9H8ClN3S/c1-5-12-9(14)6-3-8(10)11-4-7(6)13(5)2/h3-4H,1-2H3. The summed E-state index contributed by atoms with van der Waals surface area (Å²) in [7, 11) is 1.93. The number of aromatic nitrogens is 3. The second kappa shape index (κ2) is 3.29. The van der Waals surface area contributed by atoms with Gasteiger partial charge in [-0.1, -0.05) is 23.8 Å². The van der Waals surface area contributed by atoms with Crippen LogP contribution in [0, 0.1) is 11.6 Å². The molecule has 0 fully saturated rings. The summed E-state index contributed by atoms with van der Waals surface area (Å²) in [6.07, 6.45) is 1.71. The van der Waals surface area contributed by atoms with E-state index in [1.165, 1.54) is 0 Å². The Bertz CT molecular complexity index is 562. The lowest BCUT2D eigenvalue weighted by molar-refractivity contribution is 0.843. The zero-order chi connectivity index (χ0) is 10.3. The molecular weight excluding hydrogens is 218 g/mol. The highest BCUT2D eigenvalue weighted by molar-refractivity contribution is 7.71. The van der Waals surface area contributed by atoms with Gasteiger partial charge < -0.3 is 4.57 Å². The zero-order valence-electron chi connectivity index (χ0n) is 7.78. The molecule has 0 amide bonds. The van der Waals surface area contributed by atoms with E-state index in [0.29, 0.717) is 9.79 Å². The van der Waals surface area contributed by atoms with Crippen LogP contribution in [0.5, 0.6) is 0 Å². The minimum Gasteiger partial charge on any atom is -0.331 e. The summed E-state index contributed by atoms with van der Waals surface area (Å²) < 4.78 is 2.51. The molecular formula is C9H8ClN3S. The summed E-state index contributed by atoms with van der Waals surface area (Å²) in [5.41, 5.74) is 0.951. The molecule has 0 bridgehead atoms. The molecule has 0 aliphatic heterocycles. The lowest BCUT2D eigenvalue weighted by atomic mass is 10.3. The van der Waals surface area contributed by atoms with Gasteiger partial charge in [0.05, 0.1) is 11.7 Å². The van der Waals surface area contributed by atoms with Crippen molar-refractivity contribution in [1.82, 2.24) is 14.5 Å². The van der Waals surface area contributed by atoms with E-state index in [2.05, 4.69) is 9.97 Å². The third kappa shape index (κ3) is 1.40. The van der Waals surface area contributed by atoms with E-state index >= 15 is 0 Å². The molecule has 14 heavy (non-hydrogen) atoms. The van der Waals surface area contributed by atoms with Crippen LogP contribution >= 0.6 is 23.8 Å². The maximum absolute atomic E-state index is 5.79. The molecule has 0 N–H and O–H groups in total. The lowest BCUT2D eigenvalue weighted by Crippen LogP contribution is -2.02. The van der Waals surface area contributed by atoms with Crippen molar-refractivity contribution in [3.63, 3.8) is 0 Å². The topological polar surface area (TPSA) is 30.7 Å². The Balaban J connectivity index is 3.02. The first-order chi connectivity index (χ1) is 6.59. The van der Waals surface area contributed by atoms with Gasteiger partial charge in [0.1, 0.15) is 15.6 Å². The van der Waals surface area contributed by atoms with Crippen molar-refractivity contribution in [2.45, 2.75) is 6.92 Å². The fourth-order valence-electron chi connectivity index (χ4n) is 1.32. The average molecular weight is 226 g/mol. The van der Waals surface area contributed by atoms with E-state index in [1.807, 2.05) is 18.5 Å². The number of hydrogen-bond donors (Lipinski definition) is 0. The van der Waals surface area contributed by atoms with Crippen molar-refractivity contribution in [2.24, 2.45) is 7.05 Å². The number of halogens is 1. The van der Waals surface area contributed by atoms with Crippen LogP contribution in [-0.2, 0) is 7.05 Å². The highest BCUT2D eigenvalue weighted by Gasteiger charge is 2.03. The Kier molecular flexibility index (Phi) is 2.25. The molecule has 2 heterocycles. The predicted molar refractivity (Wildman–Crippen MR) is 59.1 cm³/mol. The molecule has 2 aromatic heterocycles. The van der Waals surface area contributed by atoms with Crippen molar-refractivity contribution in [3.05, 3.63) is 27.9 Å². The van der Waals surface area contributed by atoms with Crippen LogP contribution in [-0.4, -0.2) is 14.5 Å². The number of pyridine rings is 1. The summed E-state index contributed by atoms with van der Waals surface area (Å²) in [4.78, 5) is 8.25. The molecule has 0 radical (unpaired) electrons. The van der Waals surface area contributed by atoms with E-state index < -0.39 is 0 Å². The van der Waals surface area contributed by atoms with Gasteiger partial charge in [0.15, 0.2) is 0 Å². The van der Waals surface area contributed by atoms with Crippen molar-refractivity contribution >= 4 is 34.7 Å². The quantitative estimate of drug-likeness (QED) is 0.510. The van der Waals surface area contributed by atoms with Crippen LogP contribution in [0.25, 0.3) is 10.9 Å². The van der Waals surface area contributed by atoms with Gasteiger partial charge in [0.2, 0.25) is 0 Å². The molecule has 72 valence electrons. The molecule has 2 rings (SSSR count). The molecule has 0 atom stereocenters. The molecule has 0 saturated carbocycles. The van der Waals surface area contributed by atoms with Crippen molar-refractivity contribution in [2.75, 3.05) is 0 Å². The Morgan fingerprint density at radius 1 is 1.50 bits per heavy atom. The highest BCUT2D eigenvalue weighted by atomic mass is 35.5. The van der Waals surface area contributed by atoms with E-state index in [0.717, 1.165) is 16.7 Å². The number of rotatable bonds is 0. The maximum atomic E-state index is 5.79. The van der Waals surface area contributed by atoms with Crippen molar-refractivity contribution < 1.29 is 0 Å². The molecule has 2 aromatic rings. The Morgan fingerprint density at radius 3 is 2.93 bits per heavy atom. The first-order valence-corrected chi connectivity index (χ1v) is 4.87. The molecule has 0 unspecified atom stereocenters. The van der Waals surface area contributed by atoms with Gasteiger partial charge in [-0.25, -0.2) is 9.97 Å². The summed E-state index contributed by atoms with van der Waals surface area (Å²) in [6.45, 7) is 1.91. The fourth-order valence-corrected chi connectivity index (χ4v) is 1.77. The second-order valence-corrected chi connectivity index (χ2v) is 3.82. The first kappa shape index (κ1) is 9.55. The van der Waals surface area contributed by atoms with E-state index in [4.69, 9.17) is 23.8 Å². The largest absolute Gasteiger partial charge is 0.331 e. The minimum atomic E-state index is 0.439. The zero-order valence-corrected chi connectivity index (χ0v) is 9.35. The molecule has 5 heteroatoms. The van der Waals surface area contributed by atoms with Crippen LogP contribution in [0.2, 0.25) is 5.15 Å². The normalized spacial score (nSPS) is 10.8.